The average molecular weight is 479 g/mol. The normalized spacial score (nSPS) is 21.9. The van der Waals surface area contributed by atoms with Crippen molar-refractivity contribution in [3.8, 4) is 11.1 Å². The highest BCUT2D eigenvalue weighted by Gasteiger charge is 2.39. The number of aliphatic carboxylic acids is 1. The molecule has 2 aromatic rings. The van der Waals surface area contributed by atoms with Crippen LogP contribution in [0.4, 0.5) is 4.79 Å². The Balaban J connectivity index is 1.12. The molecule has 0 heterocycles. The van der Waals surface area contributed by atoms with Crippen molar-refractivity contribution >= 4 is 18.0 Å². The maximum absolute atomic E-state index is 12.6. The molecule has 2 aromatic carbocycles. The Kier molecular flexibility index (Phi) is 6.72. The first-order valence-corrected chi connectivity index (χ1v) is 12.3. The summed E-state index contributed by atoms with van der Waals surface area (Å²) in [4.78, 5) is 41.7. The highest BCUT2D eigenvalue weighted by Crippen LogP contribution is 2.44. The van der Waals surface area contributed by atoms with Gasteiger partial charge in [0, 0.05) is 17.9 Å². The van der Waals surface area contributed by atoms with Gasteiger partial charge in [0.1, 0.15) is 6.61 Å². The summed E-state index contributed by atoms with van der Waals surface area (Å²) in [5, 5.41) is 12.2. The maximum atomic E-state index is 12.6. The van der Waals surface area contributed by atoms with Crippen molar-refractivity contribution in [2.75, 3.05) is 6.61 Å². The second-order valence-corrected chi connectivity index (χ2v) is 9.71. The molecule has 8 nitrogen and oxygen atoms in total. The molecule has 0 radical (unpaired) electrons. The predicted molar refractivity (Wildman–Crippen MR) is 127 cm³/mol. The van der Waals surface area contributed by atoms with Gasteiger partial charge < -0.3 is 15.2 Å². The summed E-state index contributed by atoms with van der Waals surface area (Å²) >= 11 is 0. The van der Waals surface area contributed by atoms with Crippen LogP contribution in [0.25, 0.3) is 11.1 Å². The molecule has 2 saturated carbocycles. The zero-order valence-corrected chi connectivity index (χ0v) is 19.4. The first-order valence-electron chi connectivity index (χ1n) is 12.3. The molecule has 5 rings (SSSR count). The van der Waals surface area contributed by atoms with Crippen molar-refractivity contribution < 1.29 is 29.1 Å². The minimum atomic E-state index is -1.06. The number of fused-ring (bicyclic) bond motifs is 3. The number of carbonyl (C=O) groups excluding carboxylic acids is 2. The van der Waals surface area contributed by atoms with Crippen LogP contribution in [-0.2, 0) is 19.2 Å². The van der Waals surface area contributed by atoms with E-state index in [-0.39, 0.29) is 36.3 Å². The largest absolute Gasteiger partial charge is 0.479 e. The molecule has 8 heteroatoms. The topological polar surface area (TPSA) is 114 Å². The van der Waals surface area contributed by atoms with Crippen LogP contribution in [0.3, 0.4) is 0 Å². The monoisotopic (exact) mass is 478 g/mol. The van der Waals surface area contributed by atoms with E-state index in [9.17, 15) is 19.5 Å². The van der Waals surface area contributed by atoms with E-state index in [4.69, 9.17) is 9.57 Å². The number of carboxylic acid groups (broad SMARTS) is 1. The second-order valence-electron chi connectivity index (χ2n) is 9.71. The minimum absolute atomic E-state index is 0.0103. The molecule has 3 aliphatic rings. The van der Waals surface area contributed by atoms with Gasteiger partial charge in [-0.1, -0.05) is 55.0 Å². The molecule has 2 amide bonds. The van der Waals surface area contributed by atoms with Crippen LogP contribution in [0.5, 0.6) is 0 Å². The van der Waals surface area contributed by atoms with Crippen LogP contribution in [0.2, 0.25) is 0 Å². The van der Waals surface area contributed by atoms with Crippen LogP contribution in [0.15, 0.2) is 48.5 Å². The average Bonchev–Trinajstić information content (AvgIpc) is 3.65. The third-order valence-corrected chi connectivity index (χ3v) is 7.29. The van der Waals surface area contributed by atoms with E-state index in [0.29, 0.717) is 12.8 Å². The number of amides is 2. The number of rotatable bonds is 8. The van der Waals surface area contributed by atoms with Gasteiger partial charge in [0.25, 0.3) is 0 Å². The molecular weight excluding hydrogens is 448 g/mol. The zero-order chi connectivity index (χ0) is 24.4. The molecule has 0 spiro atoms. The molecule has 0 aromatic heterocycles. The summed E-state index contributed by atoms with van der Waals surface area (Å²) in [6.07, 6.45) is 2.75. The molecule has 3 atom stereocenters. The number of nitrogens with one attached hydrogen (secondary N) is 2. The van der Waals surface area contributed by atoms with Crippen LogP contribution < -0.4 is 10.8 Å². The van der Waals surface area contributed by atoms with Crippen LogP contribution in [-0.4, -0.2) is 41.8 Å². The van der Waals surface area contributed by atoms with Crippen molar-refractivity contribution in [2.45, 2.75) is 56.6 Å². The van der Waals surface area contributed by atoms with E-state index in [2.05, 4.69) is 35.1 Å². The van der Waals surface area contributed by atoms with Gasteiger partial charge in [-0.15, -0.1) is 0 Å². The number of benzene rings is 2. The highest BCUT2D eigenvalue weighted by molar-refractivity contribution is 5.80. The van der Waals surface area contributed by atoms with Gasteiger partial charge in [-0.2, -0.15) is 0 Å². The Labute approximate surface area is 204 Å². The Bertz CT molecular complexity index is 1070. The molecule has 0 aliphatic heterocycles. The maximum Gasteiger partial charge on any atom is 0.407 e. The lowest BCUT2D eigenvalue weighted by molar-refractivity contribution is -0.164. The van der Waals surface area contributed by atoms with E-state index in [0.717, 1.165) is 36.8 Å². The quantitative estimate of drug-likeness (QED) is 0.494. The molecule has 1 unspecified atom stereocenters. The summed E-state index contributed by atoms with van der Waals surface area (Å²) in [7, 11) is 0. The van der Waals surface area contributed by atoms with Gasteiger partial charge in [0.05, 0.1) is 0 Å². The summed E-state index contributed by atoms with van der Waals surface area (Å²) in [5.41, 5.74) is 7.00. The fraction of sp³-hybridized carbons (Fsp3) is 0.444. The number of carbonyl (C=O) groups is 3. The fourth-order valence-corrected chi connectivity index (χ4v) is 5.32. The van der Waals surface area contributed by atoms with E-state index in [1.54, 1.807) is 0 Å². The summed E-state index contributed by atoms with van der Waals surface area (Å²) in [6, 6.07) is 16.2. The summed E-state index contributed by atoms with van der Waals surface area (Å²) in [6.45, 7) is 0.238. The van der Waals surface area contributed by atoms with Crippen molar-refractivity contribution in [1.29, 1.82) is 0 Å². The first-order chi connectivity index (χ1) is 17.0. The lowest BCUT2D eigenvalue weighted by Gasteiger charge is -2.29. The molecule has 184 valence electrons. The van der Waals surface area contributed by atoms with Crippen molar-refractivity contribution in [2.24, 2.45) is 11.8 Å². The molecule has 3 aliphatic carbocycles. The molecule has 3 N–H and O–H groups in total. The van der Waals surface area contributed by atoms with Gasteiger partial charge in [-0.05, 0) is 60.3 Å². The Morgan fingerprint density at radius 3 is 2.23 bits per heavy atom. The summed E-state index contributed by atoms with van der Waals surface area (Å²) in [5.74, 6) is -1.80. The highest BCUT2D eigenvalue weighted by atomic mass is 16.7. The van der Waals surface area contributed by atoms with Gasteiger partial charge in [-0.25, -0.2) is 15.1 Å². The Morgan fingerprint density at radius 1 is 0.943 bits per heavy atom. The van der Waals surface area contributed by atoms with E-state index >= 15 is 0 Å². The van der Waals surface area contributed by atoms with E-state index < -0.39 is 18.2 Å². The Hall–Kier alpha value is -3.39. The first kappa shape index (κ1) is 23.4. The van der Waals surface area contributed by atoms with Gasteiger partial charge in [0.15, 0.2) is 6.10 Å². The number of ether oxygens (including phenoxy) is 1. The predicted octanol–water partition coefficient (Wildman–Crippen LogP) is 3.99. The third-order valence-electron chi connectivity index (χ3n) is 7.29. The number of hydrogen-bond acceptors (Lipinski definition) is 5. The number of hydrogen-bond donors (Lipinski definition) is 3. The number of carboxylic acids is 1. The van der Waals surface area contributed by atoms with Gasteiger partial charge in [0.2, 0.25) is 5.91 Å². The third kappa shape index (κ3) is 5.17. The van der Waals surface area contributed by atoms with E-state index in [1.807, 2.05) is 24.3 Å². The Morgan fingerprint density at radius 2 is 1.60 bits per heavy atom. The van der Waals surface area contributed by atoms with Crippen molar-refractivity contribution in [3.05, 3.63) is 59.7 Å². The molecular formula is C27H30N2O6. The second kappa shape index (κ2) is 10.1. The van der Waals surface area contributed by atoms with Gasteiger partial charge in [-0.3, -0.25) is 9.63 Å². The standard InChI is InChI=1S/C27H30N2O6/c30-25(29-35-24(26(31)32)16-12-13-16)17-6-5-7-18(14-17)28-27(33)34-15-23-21-10-3-1-8-19(21)20-9-2-4-11-22(20)23/h1-4,8-11,16-18,23-24H,5-7,12-15H2,(H,28,33)(H,29,30)(H,31,32)/t17-,18+,24?/m1/s1. The van der Waals surface area contributed by atoms with Crippen LogP contribution >= 0.6 is 0 Å². The molecule has 0 bridgehead atoms. The smallest absolute Gasteiger partial charge is 0.407 e. The number of hydroxylamine groups is 1. The lowest BCUT2D eigenvalue weighted by Crippen LogP contribution is -2.44. The SMILES string of the molecule is O=C(N[C@H]1CCC[C@@H](C(=O)NOC(C(=O)O)C2CC2)C1)OCC1c2ccccc2-c2ccccc21. The van der Waals surface area contributed by atoms with E-state index in [1.165, 1.54) is 11.1 Å². The fourth-order valence-electron chi connectivity index (χ4n) is 5.32. The van der Waals surface area contributed by atoms with Crippen molar-refractivity contribution in [1.82, 2.24) is 10.8 Å². The molecule has 0 saturated heterocycles. The van der Waals surface area contributed by atoms with Gasteiger partial charge >= 0.3 is 12.1 Å². The van der Waals surface area contributed by atoms with Crippen molar-refractivity contribution in [3.63, 3.8) is 0 Å². The molecule has 35 heavy (non-hydrogen) atoms. The zero-order valence-electron chi connectivity index (χ0n) is 19.4. The lowest BCUT2D eigenvalue weighted by atomic mass is 9.85. The summed E-state index contributed by atoms with van der Waals surface area (Å²) < 4.78 is 5.64. The molecule has 2 fully saturated rings. The minimum Gasteiger partial charge on any atom is -0.479 e. The van der Waals surface area contributed by atoms with Crippen LogP contribution in [0.1, 0.15) is 55.6 Å². The number of alkyl carbamates (subject to hydrolysis) is 1. The van der Waals surface area contributed by atoms with Crippen LogP contribution in [0, 0.1) is 11.8 Å².